The van der Waals surface area contributed by atoms with E-state index in [4.69, 9.17) is 4.74 Å². The van der Waals surface area contributed by atoms with Gasteiger partial charge in [-0.15, -0.1) is 0 Å². The first-order valence-corrected chi connectivity index (χ1v) is 9.81. The Balaban J connectivity index is 1.54. The van der Waals surface area contributed by atoms with E-state index in [1.165, 1.54) is 12.3 Å². The molecule has 1 aliphatic carbocycles. The van der Waals surface area contributed by atoms with Gasteiger partial charge in [0, 0.05) is 48.7 Å². The number of Topliss-reactive ketones (excluding diaryl/α,β-unsaturated/α-hetero) is 1. The van der Waals surface area contributed by atoms with Gasteiger partial charge in [0.15, 0.2) is 5.78 Å². The number of ether oxygens (including phenoxy) is 1. The smallest absolute Gasteiger partial charge is 0.280 e. The quantitative estimate of drug-likeness (QED) is 0.792. The van der Waals surface area contributed by atoms with Crippen LogP contribution in [0.1, 0.15) is 34.5 Å². The van der Waals surface area contributed by atoms with Crippen LogP contribution in [0.25, 0.3) is 5.57 Å². The first-order chi connectivity index (χ1) is 15.0. The molecule has 1 N–H and O–H groups in total. The van der Waals surface area contributed by atoms with Crippen LogP contribution < -0.4 is 10.2 Å². The molecule has 2 aliphatic rings. The minimum Gasteiger partial charge on any atom is -0.378 e. The normalized spacial score (nSPS) is 16.7. The van der Waals surface area contributed by atoms with Crippen molar-refractivity contribution in [3.63, 3.8) is 0 Å². The highest BCUT2D eigenvalue weighted by Crippen LogP contribution is 2.26. The zero-order valence-electron chi connectivity index (χ0n) is 16.6. The number of anilines is 1. The van der Waals surface area contributed by atoms with Crippen molar-refractivity contribution in [3.05, 3.63) is 71.3 Å². The van der Waals surface area contributed by atoms with E-state index < -0.39 is 18.0 Å². The van der Waals surface area contributed by atoms with Crippen LogP contribution >= 0.6 is 0 Å². The molecule has 0 spiro atoms. The van der Waals surface area contributed by atoms with E-state index in [0.29, 0.717) is 30.0 Å². The molecule has 2 aromatic rings. The summed E-state index contributed by atoms with van der Waals surface area (Å²) in [5.74, 6) is 0.121. The Morgan fingerprint density at radius 2 is 1.90 bits per heavy atom. The molecule has 2 aromatic heterocycles. The summed E-state index contributed by atoms with van der Waals surface area (Å²) in [4.78, 5) is 35.1. The second-order valence-corrected chi connectivity index (χ2v) is 7.07. The number of allylic oxidation sites excluding steroid dienone is 3. The van der Waals surface area contributed by atoms with Crippen LogP contribution in [0.2, 0.25) is 0 Å². The van der Waals surface area contributed by atoms with Crippen molar-refractivity contribution in [3.8, 4) is 0 Å². The zero-order valence-corrected chi connectivity index (χ0v) is 16.6. The van der Waals surface area contributed by atoms with Gasteiger partial charge in [-0.2, -0.15) is 0 Å². The maximum atomic E-state index is 12.9. The van der Waals surface area contributed by atoms with Crippen LogP contribution in [-0.4, -0.2) is 48.0 Å². The number of carbonyl (C=O) groups is 2. The van der Waals surface area contributed by atoms with Crippen molar-refractivity contribution in [2.45, 2.75) is 12.8 Å². The minimum absolute atomic E-state index is 0.0663. The van der Waals surface area contributed by atoms with Gasteiger partial charge < -0.3 is 15.0 Å². The van der Waals surface area contributed by atoms with Gasteiger partial charge in [0.2, 0.25) is 0 Å². The van der Waals surface area contributed by atoms with Gasteiger partial charge in [0.1, 0.15) is 11.5 Å². The Morgan fingerprint density at radius 1 is 1.13 bits per heavy atom. The fraction of sp³-hybridized carbons (Fsp3) is 0.273. The van der Waals surface area contributed by atoms with Crippen molar-refractivity contribution < 1.29 is 23.1 Å². The Morgan fingerprint density at radius 3 is 2.68 bits per heavy atom. The van der Waals surface area contributed by atoms with E-state index in [9.17, 15) is 18.4 Å². The molecular formula is C22H20F2N4O3. The lowest BCUT2D eigenvalue weighted by Crippen LogP contribution is -2.36. The minimum atomic E-state index is -2.77. The number of amides is 1. The second-order valence-electron chi connectivity index (χ2n) is 7.07. The van der Waals surface area contributed by atoms with Crippen LogP contribution in [-0.2, 0) is 9.53 Å². The Bertz CT molecular complexity index is 1060. The van der Waals surface area contributed by atoms with Gasteiger partial charge in [0.05, 0.1) is 13.2 Å². The van der Waals surface area contributed by atoms with Crippen molar-refractivity contribution in [2.24, 2.45) is 0 Å². The number of alkyl halides is 2. The predicted octanol–water partition coefficient (Wildman–Crippen LogP) is 2.92. The summed E-state index contributed by atoms with van der Waals surface area (Å²) in [5, 5.41) is 2.68. The third-order valence-corrected chi connectivity index (χ3v) is 5.02. The van der Waals surface area contributed by atoms with Crippen molar-refractivity contribution in [1.29, 1.82) is 0 Å². The van der Waals surface area contributed by atoms with Gasteiger partial charge >= 0.3 is 0 Å². The highest BCUT2D eigenvalue weighted by molar-refractivity contribution is 6.22. The lowest BCUT2D eigenvalue weighted by atomic mass is 9.95. The summed E-state index contributed by atoms with van der Waals surface area (Å²) < 4.78 is 31.1. The Labute approximate surface area is 177 Å². The second kappa shape index (κ2) is 9.13. The topological polar surface area (TPSA) is 84.4 Å². The number of nitrogens with zero attached hydrogens (tertiary/aromatic N) is 3. The SMILES string of the molecule is O=C1CC=C(NC(=O)c2ccnc(C(F)F)c2)C=C1c1ccnc(N2CCOCC2)c1. The molecule has 1 saturated heterocycles. The standard InChI is InChI=1S/C22H20F2N4O3/c23-21(24)18-11-15(4-5-25-18)22(30)27-16-1-2-19(29)17(13-16)14-3-6-26-20(12-14)28-7-9-31-10-8-28/h1,3-6,11-13,21H,2,7-10H2,(H,27,30). The van der Waals surface area contributed by atoms with Crippen molar-refractivity contribution in [2.75, 3.05) is 31.2 Å². The van der Waals surface area contributed by atoms with Gasteiger partial charge in [-0.3, -0.25) is 14.6 Å². The number of aromatic nitrogens is 2. The molecule has 0 radical (unpaired) electrons. The summed E-state index contributed by atoms with van der Waals surface area (Å²) in [7, 11) is 0. The molecule has 4 rings (SSSR count). The molecule has 0 bridgehead atoms. The van der Waals surface area contributed by atoms with Crippen LogP contribution in [0.15, 0.2) is 54.5 Å². The van der Waals surface area contributed by atoms with E-state index in [1.807, 2.05) is 6.07 Å². The van der Waals surface area contributed by atoms with Crippen molar-refractivity contribution in [1.82, 2.24) is 15.3 Å². The van der Waals surface area contributed by atoms with Crippen molar-refractivity contribution >= 4 is 23.1 Å². The number of halogens is 2. The maximum Gasteiger partial charge on any atom is 0.280 e. The molecule has 7 nitrogen and oxygen atoms in total. The molecule has 0 atom stereocenters. The molecule has 1 fully saturated rings. The van der Waals surface area contributed by atoms with Gasteiger partial charge in [0.25, 0.3) is 12.3 Å². The average molecular weight is 426 g/mol. The van der Waals surface area contributed by atoms with Gasteiger partial charge in [-0.25, -0.2) is 13.8 Å². The average Bonchev–Trinajstić information content (AvgIpc) is 2.81. The number of rotatable bonds is 5. The van der Waals surface area contributed by atoms with E-state index in [1.54, 1.807) is 24.4 Å². The van der Waals surface area contributed by atoms with Gasteiger partial charge in [-0.1, -0.05) is 6.08 Å². The molecule has 9 heteroatoms. The Kier molecular flexibility index (Phi) is 6.13. The molecule has 31 heavy (non-hydrogen) atoms. The molecule has 3 heterocycles. The third-order valence-electron chi connectivity index (χ3n) is 5.02. The summed E-state index contributed by atoms with van der Waals surface area (Å²) in [6.45, 7) is 2.68. The maximum absolute atomic E-state index is 12.9. The lowest BCUT2D eigenvalue weighted by Gasteiger charge is -2.28. The van der Waals surface area contributed by atoms with E-state index in [0.717, 1.165) is 25.0 Å². The molecule has 1 amide bonds. The largest absolute Gasteiger partial charge is 0.378 e. The molecule has 160 valence electrons. The predicted molar refractivity (Wildman–Crippen MR) is 110 cm³/mol. The highest BCUT2D eigenvalue weighted by Gasteiger charge is 2.20. The van der Waals surface area contributed by atoms with E-state index in [2.05, 4.69) is 20.2 Å². The molecular weight excluding hydrogens is 406 g/mol. The fourth-order valence-corrected chi connectivity index (χ4v) is 3.40. The number of morpholine rings is 1. The summed E-state index contributed by atoms with van der Waals surface area (Å²) in [6.07, 6.45) is 3.36. The highest BCUT2D eigenvalue weighted by atomic mass is 19.3. The summed E-state index contributed by atoms with van der Waals surface area (Å²) in [5.41, 5.74) is 1.18. The molecule has 0 aromatic carbocycles. The fourth-order valence-electron chi connectivity index (χ4n) is 3.40. The first-order valence-electron chi connectivity index (χ1n) is 9.81. The summed E-state index contributed by atoms with van der Waals surface area (Å²) >= 11 is 0. The first kappa shape index (κ1) is 20.8. The van der Waals surface area contributed by atoms with Crippen LogP contribution in [0.4, 0.5) is 14.6 Å². The number of hydrogen-bond acceptors (Lipinski definition) is 6. The van der Waals surface area contributed by atoms with Crippen LogP contribution in [0.3, 0.4) is 0 Å². The number of carbonyl (C=O) groups excluding carboxylic acids is 2. The number of hydrogen-bond donors (Lipinski definition) is 1. The number of nitrogens with one attached hydrogen (secondary N) is 1. The molecule has 0 saturated carbocycles. The number of ketones is 1. The molecule has 1 aliphatic heterocycles. The van der Waals surface area contributed by atoms with Crippen LogP contribution in [0.5, 0.6) is 0 Å². The third kappa shape index (κ3) is 4.83. The van der Waals surface area contributed by atoms with Crippen LogP contribution in [0, 0.1) is 0 Å². The zero-order chi connectivity index (χ0) is 21.8. The summed E-state index contributed by atoms with van der Waals surface area (Å²) in [6, 6.07) is 6.00. The van der Waals surface area contributed by atoms with E-state index in [-0.39, 0.29) is 17.8 Å². The monoisotopic (exact) mass is 426 g/mol. The lowest BCUT2D eigenvalue weighted by molar-refractivity contribution is -0.113. The Hall–Kier alpha value is -3.46. The molecule has 0 unspecified atom stereocenters. The van der Waals surface area contributed by atoms with E-state index >= 15 is 0 Å². The number of pyridine rings is 2. The van der Waals surface area contributed by atoms with Gasteiger partial charge in [-0.05, 0) is 35.9 Å².